The summed E-state index contributed by atoms with van der Waals surface area (Å²) < 4.78 is 1.43. The number of anilines is 1. The highest BCUT2D eigenvalue weighted by molar-refractivity contribution is 5.89. The summed E-state index contributed by atoms with van der Waals surface area (Å²) in [6, 6.07) is 9.27. The molecule has 2 fully saturated rings. The fourth-order valence-corrected chi connectivity index (χ4v) is 5.27. The number of benzene rings is 1. The lowest BCUT2D eigenvalue weighted by Crippen LogP contribution is -2.58. The van der Waals surface area contributed by atoms with E-state index in [9.17, 15) is 14.4 Å². The molecule has 2 unspecified atom stereocenters. The first kappa shape index (κ1) is 28.7. The van der Waals surface area contributed by atoms with E-state index in [1.807, 2.05) is 24.3 Å². The fraction of sp³-hybridized carbons (Fsp3) is 0.556. The molecule has 8 N–H and O–H groups in total. The van der Waals surface area contributed by atoms with Crippen molar-refractivity contribution in [3.05, 3.63) is 52.6 Å². The Bertz CT molecular complexity index is 1190. The van der Waals surface area contributed by atoms with Gasteiger partial charge in [0.15, 0.2) is 0 Å². The first-order valence-corrected chi connectivity index (χ1v) is 13.5. The fourth-order valence-electron chi connectivity index (χ4n) is 5.27. The summed E-state index contributed by atoms with van der Waals surface area (Å²) in [5, 5.41) is 6.17. The van der Waals surface area contributed by atoms with Crippen LogP contribution < -0.4 is 33.5 Å². The van der Waals surface area contributed by atoms with Gasteiger partial charge >= 0.3 is 11.7 Å². The Morgan fingerprint density at radius 3 is 2.18 bits per heavy atom. The zero-order valence-corrected chi connectivity index (χ0v) is 22.8. The minimum atomic E-state index is -0.950. The van der Waals surface area contributed by atoms with Crippen LogP contribution in [0.25, 0.3) is 5.69 Å². The first-order chi connectivity index (χ1) is 18.5. The number of aromatic nitrogens is 2. The van der Waals surface area contributed by atoms with Gasteiger partial charge in [0.05, 0.1) is 11.2 Å². The molecule has 12 heteroatoms. The number of rotatable bonds is 7. The lowest BCUT2D eigenvalue weighted by atomic mass is 9.83. The van der Waals surface area contributed by atoms with Crippen LogP contribution in [0.2, 0.25) is 0 Å². The highest BCUT2D eigenvalue weighted by atomic mass is 16.2. The Labute approximate surface area is 228 Å². The van der Waals surface area contributed by atoms with Crippen molar-refractivity contribution in [1.29, 1.82) is 0 Å². The van der Waals surface area contributed by atoms with Gasteiger partial charge in [-0.05, 0) is 69.3 Å². The van der Waals surface area contributed by atoms with Crippen molar-refractivity contribution in [3.8, 4) is 5.69 Å². The Morgan fingerprint density at radius 1 is 0.974 bits per heavy atom. The van der Waals surface area contributed by atoms with Gasteiger partial charge < -0.3 is 32.3 Å². The van der Waals surface area contributed by atoms with Crippen molar-refractivity contribution in [3.63, 3.8) is 0 Å². The molecule has 1 aromatic heterocycles. The molecule has 1 saturated heterocycles. The van der Waals surface area contributed by atoms with Gasteiger partial charge in [0.25, 0.3) is 0 Å². The summed E-state index contributed by atoms with van der Waals surface area (Å²) in [6.07, 6.45) is 4.48. The normalized spacial score (nSPS) is 22.0. The standard InChI is InChI=1S/C27H41N9O3/c1-27(2,30)24(37)34-9-11-35(12-10-34)25(38)32-23-7-8-36(26(39)33-23)22-5-3-18(4-6-22)16-31-17-19-13-20(28)15-21(29)14-19/h3-8,19-21,31H,9-17,28-30H2,1-2H3,(H,32,33,38,39). The molecule has 0 bridgehead atoms. The van der Waals surface area contributed by atoms with E-state index >= 15 is 0 Å². The van der Waals surface area contributed by atoms with Gasteiger partial charge in [-0.3, -0.25) is 14.7 Å². The molecule has 2 atom stereocenters. The van der Waals surface area contributed by atoms with Crippen LogP contribution in [0.15, 0.2) is 41.3 Å². The minimum absolute atomic E-state index is 0.146. The Morgan fingerprint density at radius 2 is 1.59 bits per heavy atom. The predicted octanol–water partition coefficient (Wildman–Crippen LogP) is 0.190. The van der Waals surface area contributed by atoms with Gasteiger partial charge in [0.2, 0.25) is 5.91 Å². The van der Waals surface area contributed by atoms with Gasteiger partial charge in [-0.2, -0.15) is 4.98 Å². The maximum absolute atomic E-state index is 12.7. The van der Waals surface area contributed by atoms with Crippen LogP contribution in [-0.4, -0.2) is 81.6 Å². The zero-order chi connectivity index (χ0) is 28.2. The SMILES string of the molecule is CC(C)(N)C(=O)N1CCN(C(=O)Nc2ccn(-c3ccc(CNCC4CC(N)CC(N)C4)cc3)c(=O)n2)CC1. The number of amides is 3. The summed E-state index contributed by atoms with van der Waals surface area (Å²) in [4.78, 5) is 45.0. The largest absolute Gasteiger partial charge is 0.354 e. The average Bonchev–Trinajstić information content (AvgIpc) is 2.88. The second kappa shape index (κ2) is 12.2. The van der Waals surface area contributed by atoms with Crippen LogP contribution in [0.4, 0.5) is 10.6 Å². The molecule has 2 heterocycles. The number of hydrogen-bond donors (Lipinski definition) is 5. The molecule has 1 saturated carbocycles. The van der Waals surface area contributed by atoms with E-state index < -0.39 is 11.2 Å². The Kier molecular flexibility index (Phi) is 9.01. The molecule has 2 aromatic rings. The Hall–Kier alpha value is -3.32. The predicted molar refractivity (Wildman–Crippen MR) is 150 cm³/mol. The molecule has 4 rings (SSSR count). The number of nitrogens with zero attached hydrogens (tertiary/aromatic N) is 4. The third-order valence-electron chi connectivity index (χ3n) is 7.30. The van der Waals surface area contributed by atoms with E-state index in [1.54, 1.807) is 35.9 Å². The van der Waals surface area contributed by atoms with Crippen molar-refractivity contribution in [2.24, 2.45) is 23.1 Å². The van der Waals surface area contributed by atoms with Crippen LogP contribution in [0.1, 0.15) is 38.7 Å². The molecule has 1 aliphatic heterocycles. The number of carbonyl (C=O) groups excluding carboxylic acids is 2. The van der Waals surface area contributed by atoms with Crippen LogP contribution in [-0.2, 0) is 11.3 Å². The molecule has 12 nitrogen and oxygen atoms in total. The number of urea groups is 1. The number of nitrogens with two attached hydrogens (primary N) is 3. The molecular formula is C27H41N9O3. The van der Waals surface area contributed by atoms with E-state index in [4.69, 9.17) is 17.2 Å². The molecule has 212 valence electrons. The number of piperazine rings is 1. The van der Waals surface area contributed by atoms with Gasteiger partial charge in [0.1, 0.15) is 5.82 Å². The third-order valence-corrected chi connectivity index (χ3v) is 7.30. The van der Waals surface area contributed by atoms with Crippen LogP contribution in [0.5, 0.6) is 0 Å². The van der Waals surface area contributed by atoms with Crippen molar-refractivity contribution in [1.82, 2.24) is 24.7 Å². The van der Waals surface area contributed by atoms with Crippen molar-refractivity contribution < 1.29 is 9.59 Å². The number of hydrogen-bond acceptors (Lipinski definition) is 8. The second-order valence-corrected chi connectivity index (χ2v) is 11.3. The summed E-state index contributed by atoms with van der Waals surface area (Å²) in [6.45, 7) is 6.46. The summed E-state index contributed by atoms with van der Waals surface area (Å²) in [5.74, 6) is 0.516. The lowest BCUT2D eigenvalue weighted by Gasteiger charge is -2.37. The molecule has 0 spiro atoms. The smallest absolute Gasteiger partial charge is 0.338 e. The maximum Gasteiger partial charge on any atom is 0.354 e. The monoisotopic (exact) mass is 539 g/mol. The molecule has 1 aromatic carbocycles. The van der Waals surface area contributed by atoms with Crippen LogP contribution in [0.3, 0.4) is 0 Å². The third kappa shape index (κ3) is 7.63. The summed E-state index contributed by atoms with van der Waals surface area (Å²) >= 11 is 0. The maximum atomic E-state index is 12.7. The van der Waals surface area contributed by atoms with Gasteiger partial charge in [0, 0.05) is 51.0 Å². The highest BCUT2D eigenvalue weighted by Crippen LogP contribution is 2.22. The van der Waals surface area contributed by atoms with Gasteiger partial charge in [-0.15, -0.1) is 0 Å². The van der Waals surface area contributed by atoms with E-state index in [-0.39, 0.29) is 29.8 Å². The molecule has 0 radical (unpaired) electrons. The highest BCUT2D eigenvalue weighted by Gasteiger charge is 2.31. The molecule has 2 aliphatic rings. The molecule has 1 aliphatic carbocycles. The number of nitrogens with one attached hydrogen (secondary N) is 2. The van der Waals surface area contributed by atoms with Gasteiger partial charge in [-0.25, -0.2) is 9.59 Å². The van der Waals surface area contributed by atoms with Crippen LogP contribution >= 0.6 is 0 Å². The van der Waals surface area contributed by atoms with Crippen molar-refractivity contribution in [2.45, 2.75) is 57.3 Å². The quantitative estimate of drug-likeness (QED) is 0.331. The summed E-state index contributed by atoms with van der Waals surface area (Å²) in [5.41, 5.74) is 18.4. The van der Waals surface area contributed by atoms with Crippen molar-refractivity contribution >= 4 is 17.8 Å². The number of carbonyl (C=O) groups is 2. The topological polar surface area (TPSA) is 178 Å². The second-order valence-electron chi connectivity index (χ2n) is 11.3. The molecule has 39 heavy (non-hydrogen) atoms. The molecule has 3 amide bonds. The van der Waals surface area contributed by atoms with Crippen molar-refractivity contribution in [2.75, 3.05) is 38.0 Å². The average molecular weight is 540 g/mol. The Balaban J connectivity index is 1.27. The van der Waals surface area contributed by atoms with Crippen LogP contribution in [0, 0.1) is 5.92 Å². The van der Waals surface area contributed by atoms with E-state index in [0.717, 1.165) is 31.4 Å². The van der Waals surface area contributed by atoms with E-state index in [1.165, 1.54) is 4.57 Å². The molecular weight excluding hydrogens is 498 g/mol. The first-order valence-electron chi connectivity index (χ1n) is 13.5. The van der Waals surface area contributed by atoms with Gasteiger partial charge in [-0.1, -0.05) is 12.1 Å². The van der Waals surface area contributed by atoms with E-state index in [2.05, 4.69) is 15.6 Å². The summed E-state index contributed by atoms with van der Waals surface area (Å²) in [7, 11) is 0. The zero-order valence-electron chi connectivity index (χ0n) is 22.8. The van der Waals surface area contributed by atoms with E-state index in [0.29, 0.717) is 44.3 Å². The minimum Gasteiger partial charge on any atom is -0.338 e. The lowest BCUT2D eigenvalue weighted by molar-refractivity contribution is -0.137.